The van der Waals surface area contributed by atoms with Gasteiger partial charge >= 0.3 is 0 Å². The molecule has 0 bridgehead atoms. The molecule has 0 radical (unpaired) electrons. The van der Waals surface area contributed by atoms with Crippen LogP contribution in [-0.2, 0) is 13.2 Å². The van der Waals surface area contributed by atoms with Gasteiger partial charge < -0.3 is 15.3 Å². The van der Waals surface area contributed by atoms with Gasteiger partial charge in [0, 0.05) is 32.2 Å². The molecule has 5 heteroatoms. The first-order valence-electron chi connectivity index (χ1n) is 8.55. The topological polar surface area (TPSA) is 47.9 Å². The Morgan fingerprint density at radius 3 is 2.61 bits per heavy atom. The van der Waals surface area contributed by atoms with Crippen molar-refractivity contribution in [2.45, 2.75) is 38.8 Å². The summed E-state index contributed by atoms with van der Waals surface area (Å²) in [5.74, 6) is 2.20. The van der Waals surface area contributed by atoms with Gasteiger partial charge in [-0.25, -0.2) is 4.39 Å². The molecule has 3 rings (SSSR count). The van der Waals surface area contributed by atoms with E-state index in [0.717, 1.165) is 36.4 Å². The second-order valence-corrected chi connectivity index (χ2v) is 6.69. The number of rotatable bonds is 3. The third kappa shape index (κ3) is 3.66. The van der Waals surface area contributed by atoms with Crippen molar-refractivity contribution >= 4 is 5.96 Å². The van der Waals surface area contributed by atoms with Gasteiger partial charge in [0.25, 0.3) is 0 Å². The number of aliphatic hydroxyl groups is 1. The lowest BCUT2D eigenvalue weighted by Crippen LogP contribution is -2.39. The van der Waals surface area contributed by atoms with E-state index in [0.29, 0.717) is 12.1 Å². The first-order chi connectivity index (χ1) is 11.2. The van der Waals surface area contributed by atoms with Crippen LogP contribution < -0.4 is 5.32 Å². The Bertz CT molecular complexity index is 561. The van der Waals surface area contributed by atoms with E-state index in [1.807, 2.05) is 7.05 Å². The molecule has 2 fully saturated rings. The number of hydrogen-bond acceptors (Lipinski definition) is 2. The zero-order valence-corrected chi connectivity index (χ0v) is 13.8. The predicted octanol–water partition coefficient (Wildman–Crippen LogP) is 2.52. The van der Waals surface area contributed by atoms with E-state index in [9.17, 15) is 4.39 Å². The highest BCUT2D eigenvalue weighted by Crippen LogP contribution is 2.35. The summed E-state index contributed by atoms with van der Waals surface area (Å²) in [5.41, 5.74) is 1.29. The van der Waals surface area contributed by atoms with Crippen LogP contribution in [0.4, 0.5) is 4.39 Å². The summed E-state index contributed by atoms with van der Waals surface area (Å²) in [6.07, 6.45) is 5.41. The summed E-state index contributed by atoms with van der Waals surface area (Å²) in [7, 11) is 1.81. The van der Waals surface area contributed by atoms with Crippen LogP contribution in [0.3, 0.4) is 0 Å². The molecule has 2 N–H and O–H groups in total. The van der Waals surface area contributed by atoms with E-state index in [-0.39, 0.29) is 12.4 Å². The number of fused-ring (bicyclic) bond motifs is 1. The molecule has 23 heavy (non-hydrogen) atoms. The Morgan fingerprint density at radius 2 is 2.00 bits per heavy atom. The summed E-state index contributed by atoms with van der Waals surface area (Å²) in [5, 5.41) is 12.5. The number of aliphatic imine (C=N–C) groups is 1. The maximum absolute atomic E-state index is 13.4. The average molecular weight is 319 g/mol. The lowest BCUT2D eigenvalue weighted by Gasteiger charge is -2.22. The Hall–Kier alpha value is -1.62. The average Bonchev–Trinajstić information content (AvgIpc) is 3.00. The van der Waals surface area contributed by atoms with Crippen molar-refractivity contribution < 1.29 is 9.50 Å². The second kappa shape index (κ2) is 7.30. The zero-order chi connectivity index (χ0) is 16.2. The van der Waals surface area contributed by atoms with Gasteiger partial charge in [-0.05, 0) is 42.4 Å². The van der Waals surface area contributed by atoms with Gasteiger partial charge in [0.15, 0.2) is 5.96 Å². The fraction of sp³-hybridized carbons (Fsp3) is 0.611. The molecular weight excluding hydrogens is 293 g/mol. The number of nitrogens with one attached hydrogen (secondary N) is 1. The van der Waals surface area contributed by atoms with Gasteiger partial charge in [0.1, 0.15) is 5.82 Å². The van der Waals surface area contributed by atoms with E-state index in [1.54, 1.807) is 12.1 Å². The van der Waals surface area contributed by atoms with Gasteiger partial charge in [-0.2, -0.15) is 0 Å². The molecule has 0 aromatic heterocycles. The standard InChI is InChI=1S/C18H26FN3O/c1-20-18(22-10-14-4-2-3-5-15(14)11-22)21-9-13-6-7-17(19)16(8-13)12-23/h6-8,14-15,23H,2-5,9-12H2,1H3,(H,20,21). The minimum atomic E-state index is -0.357. The van der Waals surface area contributed by atoms with E-state index >= 15 is 0 Å². The van der Waals surface area contributed by atoms with Crippen LogP contribution in [0.5, 0.6) is 0 Å². The van der Waals surface area contributed by atoms with Crippen LogP contribution >= 0.6 is 0 Å². The fourth-order valence-corrected chi connectivity index (χ4v) is 3.95. The maximum Gasteiger partial charge on any atom is 0.193 e. The summed E-state index contributed by atoms with van der Waals surface area (Å²) in [6.45, 7) is 2.50. The Morgan fingerprint density at radius 1 is 1.30 bits per heavy atom. The number of aliphatic hydroxyl groups excluding tert-OH is 1. The quantitative estimate of drug-likeness (QED) is 0.665. The molecule has 1 aliphatic heterocycles. The number of benzene rings is 1. The third-order valence-electron chi connectivity index (χ3n) is 5.22. The SMILES string of the molecule is CN=C(NCc1ccc(F)c(CO)c1)N1CC2CCCCC2C1. The van der Waals surface area contributed by atoms with Crippen LogP contribution in [0.25, 0.3) is 0 Å². The summed E-state index contributed by atoms with van der Waals surface area (Å²) in [6, 6.07) is 4.87. The van der Waals surface area contributed by atoms with Crippen LogP contribution in [0.15, 0.2) is 23.2 Å². The Kier molecular flexibility index (Phi) is 5.16. The smallest absolute Gasteiger partial charge is 0.193 e. The van der Waals surface area contributed by atoms with Crippen LogP contribution in [0.2, 0.25) is 0 Å². The van der Waals surface area contributed by atoms with Gasteiger partial charge in [-0.1, -0.05) is 18.9 Å². The molecule has 1 aliphatic carbocycles. The number of hydrogen-bond donors (Lipinski definition) is 2. The first kappa shape index (κ1) is 16.2. The summed E-state index contributed by atoms with van der Waals surface area (Å²) < 4.78 is 13.4. The maximum atomic E-state index is 13.4. The van der Waals surface area contributed by atoms with Crippen molar-refractivity contribution in [3.05, 3.63) is 35.1 Å². The highest BCUT2D eigenvalue weighted by molar-refractivity contribution is 5.80. The van der Waals surface area contributed by atoms with E-state index in [1.165, 1.54) is 31.7 Å². The second-order valence-electron chi connectivity index (χ2n) is 6.69. The van der Waals surface area contributed by atoms with E-state index < -0.39 is 0 Å². The van der Waals surface area contributed by atoms with Gasteiger partial charge in [0.2, 0.25) is 0 Å². The molecular formula is C18H26FN3O. The van der Waals surface area contributed by atoms with E-state index in [4.69, 9.17) is 5.11 Å². The van der Waals surface area contributed by atoms with Crippen molar-refractivity contribution in [3.8, 4) is 0 Å². The first-order valence-corrected chi connectivity index (χ1v) is 8.55. The molecule has 2 unspecified atom stereocenters. The van der Waals surface area contributed by atoms with Gasteiger partial charge in [-0.15, -0.1) is 0 Å². The Labute approximate surface area is 137 Å². The number of nitrogens with zero attached hydrogens (tertiary/aromatic N) is 2. The summed E-state index contributed by atoms with van der Waals surface area (Å²) in [4.78, 5) is 6.77. The van der Waals surface area contributed by atoms with Crippen molar-refractivity contribution in [1.82, 2.24) is 10.2 Å². The number of likely N-dealkylation sites (tertiary alicyclic amines) is 1. The van der Waals surface area contributed by atoms with Crippen molar-refractivity contribution in [2.24, 2.45) is 16.8 Å². The fourth-order valence-electron chi connectivity index (χ4n) is 3.95. The molecule has 2 atom stereocenters. The van der Waals surface area contributed by atoms with Crippen molar-refractivity contribution in [1.29, 1.82) is 0 Å². The molecule has 0 spiro atoms. The minimum Gasteiger partial charge on any atom is -0.392 e. The monoisotopic (exact) mass is 319 g/mol. The molecule has 2 aliphatic rings. The minimum absolute atomic E-state index is 0.274. The normalized spacial score (nSPS) is 24.7. The summed E-state index contributed by atoms with van der Waals surface area (Å²) >= 11 is 0. The molecule has 1 aromatic carbocycles. The van der Waals surface area contributed by atoms with Crippen molar-refractivity contribution in [2.75, 3.05) is 20.1 Å². The van der Waals surface area contributed by atoms with Crippen LogP contribution in [0, 0.1) is 17.7 Å². The lowest BCUT2D eigenvalue weighted by atomic mass is 9.82. The third-order valence-corrected chi connectivity index (χ3v) is 5.22. The van der Waals surface area contributed by atoms with Gasteiger partial charge in [0.05, 0.1) is 6.61 Å². The molecule has 1 saturated heterocycles. The molecule has 4 nitrogen and oxygen atoms in total. The molecule has 1 aromatic rings. The highest BCUT2D eigenvalue weighted by atomic mass is 19.1. The van der Waals surface area contributed by atoms with Crippen LogP contribution in [0.1, 0.15) is 36.8 Å². The lowest BCUT2D eigenvalue weighted by molar-refractivity contribution is 0.275. The molecule has 1 heterocycles. The van der Waals surface area contributed by atoms with Crippen LogP contribution in [-0.4, -0.2) is 36.1 Å². The number of guanidine groups is 1. The largest absolute Gasteiger partial charge is 0.392 e. The molecule has 1 saturated carbocycles. The van der Waals surface area contributed by atoms with E-state index in [2.05, 4.69) is 15.2 Å². The molecule has 126 valence electrons. The highest BCUT2D eigenvalue weighted by Gasteiger charge is 2.35. The number of halogens is 1. The molecule has 0 amide bonds. The van der Waals surface area contributed by atoms with Gasteiger partial charge in [-0.3, -0.25) is 4.99 Å². The van der Waals surface area contributed by atoms with Crippen molar-refractivity contribution in [3.63, 3.8) is 0 Å². The predicted molar refractivity (Wildman–Crippen MR) is 89.5 cm³/mol. The Balaban J connectivity index is 1.60. The zero-order valence-electron chi connectivity index (χ0n) is 13.8.